The molecule has 1 N–H and O–H groups in total. The summed E-state index contributed by atoms with van der Waals surface area (Å²) in [5.41, 5.74) is 6.53. The van der Waals surface area contributed by atoms with Crippen LogP contribution in [0.3, 0.4) is 0 Å². The quantitative estimate of drug-likeness (QED) is 0.352. The number of hydrogen-bond acceptors (Lipinski definition) is 2. The van der Waals surface area contributed by atoms with E-state index >= 15 is 0 Å². The monoisotopic (exact) mass is 437 g/mol. The van der Waals surface area contributed by atoms with E-state index in [4.69, 9.17) is 0 Å². The molecule has 0 radical (unpaired) electrons. The molecule has 0 aliphatic heterocycles. The van der Waals surface area contributed by atoms with Crippen LogP contribution in [0.1, 0.15) is 75.3 Å². The molecule has 1 heterocycles. The Morgan fingerprint density at radius 1 is 0.727 bits per heavy atom. The van der Waals surface area contributed by atoms with Crippen LogP contribution >= 0.6 is 0 Å². The van der Waals surface area contributed by atoms with Gasteiger partial charge in [-0.3, -0.25) is 4.98 Å². The minimum Gasteiger partial charge on any atom is -0.507 e. The van der Waals surface area contributed by atoms with E-state index in [9.17, 15) is 5.11 Å². The second-order valence-electron chi connectivity index (χ2n) is 11.1. The molecular weight excluding hydrogens is 402 g/mol. The lowest BCUT2D eigenvalue weighted by Gasteiger charge is -2.30. The van der Waals surface area contributed by atoms with Gasteiger partial charge in [0.25, 0.3) is 0 Å². The third-order valence-electron chi connectivity index (χ3n) is 6.52. The molecule has 0 amide bonds. The van der Waals surface area contributed by atoms with E-state index in [1.807, 2.05) is 12.3 Å². The van der Waals surface area contributed by atoms with Gasteiger partial charge < -0.3 is 5.11 Å². The van der Waals surface area contributed by atoms with Gasteiger partial charge in [-0.1, -0.05) is 102 Å². The second kappa shape index (κ2) is 8.67. The number of pyridine rings is 1. The summed E-state index contributed by atoms with van der Waals surface area (Å²) >= 11 is 0. The predicted octanol–water partition coefficient (Wildman–Crippen LogP) is 7.91. The molecule has 0 fully saturated rings. The summed E-state index contributed by atoms with van der Waals surface area (Å²) in [4.78, 5) is 4.57. The molecule has 2 nitrogen and oxygen atoms in total. The molecule has 3 aromatic carbocycles. The maximum Gasteiger partial charge on any atom is 0.123 e. The zero-order valence-electron chi connectivity index (χ0n) is 20.7. The summed E-state index contributed by atoms with van der Waals surface area (Å²) in [5.74, 6) is 0.597. The highest BCUT2D eigenvalue weighted by Gasteiger charge is 2.29. The highest BCUT2D eigenvalue weighted by Crippen LogP contribution is 2.43. The van der Waals surface area contributed by atoms with Gasteiger partial charge in [0.1, 0.15) is 5.75 Å². The van der Waals surface area contributed by atoms with Crippen LogP contribution in [0.15, 0.2) is 79.0 Å². The van der Waals surface area contributed by atoms with Crippen LogP contribution in [0.4, 0.5) is 0 Å². The topological polar surface area (TPSA) is 33.1 Å². The fourth-order valence-electron chi connectivity index (χ4n) is 4.67. The Morgan fingerprint density at radius 2 is 1.30 bits per heavy atom. The number of fused-ring (bicyclic) bond motifs is 1. The predicted molar refractivity (Wildman–Crippen MR) is 139 cm³/mol. The average molecular weight is 438 g/mol. The minimum atomic E-state index is -0.162. The van der Waals surface area contributed by atoms with Gasteiger partial charge in [-0.2, -0.15) is 0 Å². The Kier molecular flexibility index (Phi) is 6.05. The van der Waals surface area contributed by atoms with Gasteiger partial charge in [0, 0.05) is 17.5 Å². The first-order chi connectivity index (χ1) is 15.6. The van der Waals surface area contributed by atoms with E-state index in [-0.39, 0.29) is 16.7 Å². The Bertz CT molecular complexity index is 1220. The number of aromatic hydroxyl groups is 1. The fraction of sp³-hybridized carbons (Fsp3) is 0.323. The molecule has 0 aliphatic rings. The zero-order chi connectivity index (χ0) is 23.8. The number of rotatable bonds is 4. The van der Waals surface area contributed by atoms with Crippen molar-refractivity contribution in [3.63, 3.8) is 0 Å². The van der Waals surface area contributed by atoms with Gasteiger partial charge in [0.2, 0.25) is 0 Å². The molecule has 170 valence electrons. The molecule has 4 rings (SSSR count). The van der Waals surface area contributed by atoms with E-state index in [0.717, 1.165) is 23.1 Å². The minimum absolute atomic E-state index is 0.162. The maximum atomic E-state index is 11.3. The van der Waals surface area contributed by atoms with E-state index in [0.29, 0.717) is 5.75 Å². The van der Waals surface area contributed by atoms with Crippen LogP contribution in [0.2, 0.25) is 0 Å². The second-order valence-corrected chi connectivity index (χ2v) is 11.1. The number of benzene rings is 3. The van der Waals surface area contributed by atoms with Crippen LogP contribution in [-0.2, 0) is 17.3 Å². The average Bonchev–Trinajstić information content (AvgIpc) is 2.77. The van der Waals surface area contributed by atoms with Gasteiger partial charge in [-0.15, -0.1) is 0 Å². The van der Waals surface area contributed by atoms with Gasteiger partial charge in [-0.05, 0) is 57.2 Å². The van der Waals surface area contributed by atoms with Crippen molar-refractivity contribution in [2.24, 2.45) is 0 Å². The fourth-order valence-corrected chi connectivity index (χ4v) is 4.67. The van der Waals surface area contributed by atoms with Crippen LogP contribution in [0.25, 0.3) is 10.9 Å². The lowest BCUT2D eigenvalue weighted by molar-refractivity contribution is 0.422. The van der Waals surface area contributed by atoms with Crippen LogP contribution in [-0.4, -0.2) is 10.1 Å². The lowest BCUT2D eigenvalue weighted by atomic mass is 9.75. The van der Waals surface area contributed by atoms with Crippen molar-refractivity contribution in [2.45, 2.75) is 64.7 Å². The number of para-hydroxylation sites is 1. The third kappa shape index (κ3) is 4.80. The number of phenolic OH excluding ortho intramolecular Hbond substituents is 1. The van der Waals surface area contributed by atoms with Crippen molar-refractivity contribution in [1.29, 1.82) is 0 Å². The number of nitrogens with zero attached hydrogens (tertiary/aromatic N) is 1. The van der Waals surface area contributed by atoms with E-state index in [2.05, 4.69) is 113 Å². The van der Waals surface area contributed by atoms with Gasteiger partial charge >= 0.3 is 0 Å². The molecule has 0 bridgehead atoms. The molecule has 0 spiro atoms. The van der Waals surface area contributed by atoms with Crippen molar-refractivity contribution in [2.75, 3.05) is 0 Å². The zero-order valence-corrected chi connectivity index (χ0v) is 20.7. The Balaban J connectivity index is 1.94. The molecule has 33 heavy (non-hydrogen) atoms. The van der Waals surface area contributed by atoms with Crippen LogP contribution < -0.4 is 0 Å². The molecule has 1 atom stereocenters. The van der Waals surface area contributed by atoms with Gasteiger partial charge in [0.05, 0.1) is 5.52 Å². The van der Waals surface area contributed by atoms with Crippen LogP contribution in [0.5, 0.6) is 5.75 Å². The standard InChI is InChI=1S/C31H35NO/c1-30(2,3)26-19-23(20-27(29(26)33)31(4,5)6)25(21-12-8-7-9-13-21)18-22-16-17-32-28-15-11-10-14-24(22)28/h7-17,19-20,25,33H,18H2,1-6H3. The largest absolute Gasteiger partial charge is 0.507 e. The molecule has 0 saturated carbocycles. The van der Waals surface area contributed by atoms with Crippen molar-refractivity contribution in [3.05, 3.63) is 107 Å². The smallest absolute Gasteiger partial charge is 0.123 e. The van der Waals surface area contributed by atoms with E-state index in [1.54, 1.807) is 0 Å². The van der Waals surface area contributed by atoms with Crippen molar-refractivity contribution in [3.8, 4) is 5.75 Å². The van der Waals surface area contributed by atoms with Crippen LogP contribution in [0, 0.1) is 0 Å². The van der Waals surface area contributed by atoms with Gasteiger partial charge in [-0.25, -0.2) is 0 Å². The van der Waals surface area contributed by atoms with Crippen molar-refractivity contribution < 1.29 is 5.11 Å². The third-order valence-corrected chi connectivity index (χ3v) is 6.52. The summed E-state index contributed by atoms with van der Waals surface area (Å²) in [6.45, 7) is 13.0. The van der Waals surface area contributed by atoms with Crippen molar-refractivity contribution in [1.82, 2.24) is 4.98 Å². The summed E-state index contributed by atoms with van der Waals surface area (Å²) in [7, 11) is 0. The summed E-state index contributed by atoms with van der Waals surface area (Å²) in [6, 6.07) is 25.7. The van der Waals surface area contributed by atoms with E-state index < -0.39 is 0 Å². The maximum absolute atomic E-state index is 11.3. The number of aromatic nitrogens is 1. The first kappa shape index (κ1) is 23.0. The normalized spacial score (nSPS) is 13.3. The highest BCUT2D eigenvalue weighted by molar-refractivity contribution is 5.82. The molecule has 4 aromatic rings. The molecular formula is C31H35NO. The summed E-state index contributed by atoms with van der Waals surface area (Å²) in [5, 5.41) is 12.5. The Hall–Kier alpha value is -3.13. The lowest BCUT2D eigenvalue weighted by Crippen LogP contribution is -2.19. The molecule has 0 aliphatic carbocycles. The molecule has 0 saturated heterocycles. The Labute approximate surface area is 198 Å². The molecule has 1 unspecified atom stereocenters. The number of phenols is 1. The Morgan fingerprint density at radius 3 is 1.91 bits per heavy atom. The highest BCUT2D eigenvalue weighted by atomic mass is 16.3. The first-order valence-corrected chi connectivity index (χ1v) is 11.8. The SMILES string of the molecule is CC(C)(C)c1cc(C(Cc2ccnc3ccccc23)c2ccccc2)cc(C(C)(C)C)c1O. The molecule has 2 heteroatoms. The molecule has 1 aromatic heterocycles. The summed E-state index contributed by atoms with van der Waals surface area (Å²) < 4.78 is 0. The van der Waals surface area contributed by atoms with E-state index in [1.165, 1.54) is 22.1 Å². The van der Waals surface area contributed by atoms with Crippen molar-refractivity contribution >= 4 is 10.9 Å². The van der Waals surface area contributed by atoms with Gasteiger partial charge in [0.15, 0.2) is 0 Å². The summed E-state index contributed by atoms with van der Waals surface area (Å²) in [6.07, 6.45) is 2.78. The number of hydrogen-bond donors (Lipinski definition) is 1. The first-order valence-electron chi connectivity index (χ1n) is 11.8.